The van der Waals surface area contributed by atoms with Gasteiger partial charge in [0.05, 0.1) is 8.04 Å². The molecule has 10 heavy (non-hydrogen) atoms. The lowest BCUT2D eigenvalue weighted by Crippen LogP contribution is -1.87. The Morgan fingerprint density at radius 3 is 2.40 bits per heavy atom. The van der Waals surface area contributed by atoms with Gasteiger partial charge in [0.25, 0.3) is 0 Å². The molecule has 0 aromatic heterocycles. The maximum atomic E-state index is 12.7. The lowest BCUT2D eigenvalue weighted by Gasteiger charge is -1.96. The van der Waals surface area contributed by atoms with Gasteiger partial charge in [-0.05, 0) is 50.7 Å². The van der Waals surface area contributed by atoms with Crippen molar-refractivity contribution in [1.29, 1.82) is 0 Å². The molecule has 1 rings (SSSR count). The summed E-state index contributed by atoms with van der Waals surface area (Å²) < 4.78 is 25.5. The standard InChI is InChI=1S/C6H2BrF2I/c7-3-1-2-4(8)6(10)5(3)9/h1-2H. The average molecular weight is 319 g/mol. The number of hydrogen-bond acceptors (Lipinski definition) is 0. The summed E-state index contributed by atoms with van der Waals surface area (Å²) in [4.78, 5) is 0. The molecule has 0 bridgehead atoms. The van der Waals surface area contributed by atoms with E-state index in [0.29, 0.717) is 4.47 Å². The Morgan fingerprint density at radius 2 is 1.90 bits per heavy atom. The molecule has 0 aliphatic heterocycles. The van der Waals surface area contributed by atoms with Crippen LogP contribution in [0.2, 0.25) is 0 Å². The van der Waals surface area contributed by atoms with Crippen LogP contribution in [0.5, 0.6) is 0 Å². The van der Waals surface area contributed by atoms with Crippen LogP contribution >= 0.6 is 38.5 Å². The van der Waals surface area contributed by atoms with E-state index in [0.717, 1.165) is 0 Å². The highest BCUT2D eigenvalue weighted by molar-refractivity contribution is 14.1. The molecule has 54 valence electrons. The molecule has 0 fully saturated rings. The second-order valence-electron chi connectivity index (χ2n) is 1.66. The number of benzene rings is 1. The van der Waals surface area contributed by atoms with Crippen LogP contribution in [-0.4, -0.2) is 0 Å². The molecule has 0 aliphatic rings. The van der Waals surface area contributed by atoms with Crippen molar-refractivity contribution in [3.05, 3.63) is 31.8 Å². The summed E-state index contributed by atoms with van der Waals surface area (Å²) in [6.07, 6.45) is 0. The van der Waals surface area contributed by atoms with E-state index in [1.54, 1.807) is 22.6 Å². The highest BCUT2D eigenvalue weighted by Crippen LogP contribution is 2.22. The van der Waals surface area contributed by atoms with Crippen molar-refractivity contribution in [1.82, 2.24) is 0 Å². The summed E-state index contributed by atoms with van der Waals surface area (Å²) in [6, 6.07) is 2.56. The van der Waals surface area contributed by atoms with Crippen LogP contribution in [0.15, 0.2) is 16.6 Å². The molecule has 1 aromatic carbocycles. The van der Waals surface area contributed by atoms with E-state index in [1.807, 2.05) is 0 Å². The highest BCUT2D eigenvalue weighted by Gasteiger charge is 2.07. The van der Waals surface area contributed by atoms with Crippen molar-refractivity contribution >= 4 is 38.5 Å². The third-order valence-electron chi connectivity index (χ3n) is 0.988. The Morgan fingerprint density at radius 1 is 1.30 bits per heavy atom. The minimum atomic E-state index is -0.541. The first kappa shape index (κ1) is 8.39. The van der Waals surface area contributed by atoms with Crippen molar-refractivity contribution in [3.63, 3.8) is 0 Å². The van der Waals surface area contributed by atoms with Crippen LogP contribution in [0.4, 0.5) is 8.78 Å². The molecule has 0 amide bonds. The predicted octanol–water partition coefficient (Wildman–Crippen LogP) is 3.33. The van der Waals surface area contributed by atoms with Crippen LogP contribution in [-0.2, 0) is 0 Å². The lowest BCUT2D eigenvalue weighted by atomic mass is 10.3. The summed E-state index contributed by atoms with van der Waals surface area (Å²) in [5.74, 6) is -1.07. The van der Waals surface area contributed by atoms with Gasteiger partial charge in [0, 0.05) is 0 Å². The van der Waals surface area contributed by atoms with Gasteiger partial charge in [0.15, 0.2) is 5.82 Å². The highest BCUT2D eigenvalue weighted by atomic mass is 127. The van der Waals surface area contributed by atoms with E-state index in [2.05, 4.69) is 15.9 Å². The number of halogens is 4. The fraction of sp³-hybridized carbons (Fsp3) is 0. The maximum absolute atomic E-state index is 12.7. The molecule has 0 atom stereocenters. The Hall–Kier alpha value is 0.290. The Kier molecular flexibility index (Phi) is 2.62. The molecule has 0 radical (unpaired) electrons. The van der Waals surface area contributed by atoms with E-state index >= 15 is 0 Å². The van der Waals surface area contributed by atoms with Gasteiger partial charge in [0.1, 0.15) is 5.82 Å². The first-order chi connectivity index (χ1) is 4.63. The molecular formula is C6H2BrF2I. The van der Waals surface area contributed by atoms with Crippen LogP contribution in [0, 0.1) is 15.2 Å². The van der Waals surface area contributed by atoms with E-state index in [1.165, 1.54) is 12.1 Å². The average Bonchev–Trinajstić information content (AvgIpc) is 1.93. The zero-order valence-electron chi connectivity index (χ0n) is 4.67. The quantitative estimate of drug-likeness (QED) is 0.391. The monoisotopic (exact) mass is 318 g/mol. The molecule has 0 heterocycles. The van der Waals surface area contributed by atoms with Crippen LogP contribution in [0.25, 0.3) is 0 Å². The van der Waals surface area contributed by atoms with Gasteiger partial charge < -0.3 is 0 Å². The van der Waals surface area contributed by atoms with Crippen molar-refractivity contribution in [2.24, 2.45) is 0 Å². The fourth-order valence-electron chi connectivity index (χ4n) is 0.502. The fourth-order valence-corrected chi connectivity index (χ4v) is 1.67. The predicted molar refractivity (Wildman–Crippen MR) is 46.8 cm³/mol. The lowest BCUT2D eigenvalue weighted by molar-refractivity contribution is 0.566. The minimum Gasteiger partial charge on any atom is -0.206 e. The zero-order chi connectivity index (χ0) is 7.72. The Balaban J connectivity index is 3.34. The molecule has 0 unspecified atom stereocenters. The smallest absolute Gasteiger partial charge is 0.153 e. The van der Waals surface area contributed by atoms with Crippen LogP contribution in [0.3, 0.4) is 0 Å². The van der Waals surface area contributed by atoms with E-state index < -0.39 is 11.6 Å². The maximum Gasteiger partial charge on any atom is 0.153 e. The topological polar surface area (TPSA) is 0 Å². The molecule has 0 saturated heterocycles. The van der Waals surface area contributed by atoms with E-state index in [9.17, 15) is 8.78 Å². The first-order valence-corrected chi connectivity index (χ1v) is 4.29. The van der Waals surface area contributed by atoms with Gasteiger partial charge in [-0.3, -0.25) is 0 Å². The van der Waals surface area contributed by atoms with Crippen molar-refractivity contribution in [3.8, 4) is 0 Å². The van der Waals surface area contributed by atoms with Gasteiger partial charge in [-0.25, -0.2) is 8.78 Å². The van der Waals surface area contributed by atoms with Crippen LogP contribution in [0.1, 0.15) is 0 Å². The molecular weight excluding hydrogens is 317 g/mol. The molecule has 0 aliphatic carbocycles. The molecule has 0 nitrogen and oxygen atoms in total. The summed E-state index contributed by atoms with van der Waals surface area (Å²) in [7, 11) is 0. The summed E-state index contributed by atoms with van der Waals surface area (Å²) in [6.45, 7) is 0. The normalized spacial score (nSPS) is 10.0. The van der Waals surface area contributed by atoms with Gasteiger partial charge in [-0.15, -0.1) is 0 Å². The van der Waals surface area contributed by atoms with Gasteiger partial charge in [0.2, 0.25) is 0 Å². The second-order valence-corrected chi connectivity index (χ2v) is 3.59. The zero-order valence-corrected chi connectivity index (χ0v) is 8.41. The van der Waals surface area contributed by atoms with Crippen molar-refractivity contribution < 1.29 is 8.78 Å². The summed E-state index contributed by atoms with van der Waals surface area (Å²) in [5.41, 5.74) is 0. The number of hydrogen-bond donors (Lipinski definition) is 0. The van der Waals surface area contributed by atoms with Crippen molar-refractivity contribution in [2.45, 2.75) is 0 Å². The molecule has 4 heteroatoms. The Labute approximate surface area is 78.9 Å². The molecule has 0 spiro atoms. The molecule has 0 N–H and O–H groups in total. The molecule has 1 aromatic rings. The van der Waals surface area contributed by atoms with Gasteiger partial charge in [-0.2, -0.15) is 0 Å². The van der Waals surface area contributed by atoms with E-state index in [4.69, 9.17) is 0 Å². The summed E-state index contributed by atoms with van der Waals surface area (Å²) >= 11 is 4.55. The van der Waals surface area contributed by atoms with Crippen LogP contribution < -0.4 is 0 Å². The first-order valence-electron chi connectivity index (χ1n) is 2.42. The SMILES string of the molecule is Fc1ccc(Br)c(F)c1I. The Bertz CT molecular complexity index is 235. The third-order valence-corrected chi connectivity index (χ3v) is 2.59. The van der Waals surface area contributed by atoms with E-state index in [-0.39, 0.29) is 3.57 Å². The van der Waals surface area contributed by atoms with Crippen molar-refractivity contribution in [2.75, 3.05) is 0 Å². The second kappa shape index (κ2) is 3.13. The molecule has 0 saturated carbocycles. The van der Waals surface area contributed by atoms with Gasteiger partial charge in [-0.1, -0.05) is 0 Å². The van der Waals surface area contributed by atoms with Gasteiger partial charge >= 0.3 is 0 Å². The minimum absolute atomic E-state index is 0.0203. The largest absolute Gasteiger partial charge is 0.206 e. The number of rotatable bonds is 0. The third kappa shape index (κ3) is 1.47. The summed E-state index contributed by atoms with van der Waals surface area (Å²) in [5, 5.41) is 0.